The van der Waals surface area contributed by atoms with Gasteiger partial charge in [0, 0.05) is 19.2 Å². The van der Waals surface area contributed by atoms with E-state index in [4.69, 9.17) is 0 Å². The molecule has 0 unspecified atom stereocenters. The van der Waals surface area contributed by atoms with E-state index in [1.807, 2.05) is 38.1 Å². The van der Waals surface area contributed by atoms with Crippen molar-refractivity contribution in [3.8, 4) is 0 Å². The SMILES string of the molecule is CC[C@H](C)[C@H]1C(=O)Nc2ccccc2CN1C(C)=O. The summed E-state index contributed by atoms with van der Waals surface area (Å²) in [4.78, 5) is 25.9. The minimum Gasteiger partial charge on any atom is -0.326 e. The molecule has 0 saturated heterocycles. The molecule has 2 atom stereocenters. The van der Waals surface area contributed by atoms with E-state index >= 15 is 0 Å². The monoisotopic (exact) mass is 260 g/mol. The van der Waals surface area contributed by atoms with Gasteiger partial charge in [0.25, 0.3) is 0 Å². The first-order valence-electron chi connectivity index (χ1n) is 6.70. The van der Waals surface area contributed by atoms with Crippen molar-refractivity contribution in [3.05, 3.63) is 29.8 Å². The van der Waals surface area contributed by atoms with Crippen molar-refractivity contribution < 1.29 is 9.59 Å². The first-order valence-corrected chi connectivity index (χ1v) is 6.70. The maximum absolute atomic E-state index is 12.4. The standard InChI is InChI=1S/C15H20N2O2/c1-4-10(2)14-15(19)16-13-8-6-5-7-12(13)9-17(14)11(3)18/h5-8,10,14H,4,9H2,1-3H3,(H,16,19)/t10-,14-/m0/s1. The number of para-hydroxylation sites is 1. The molecule has 4 heteroatoms. The van der Waals surface area contributed by atoms with E-state index in [9.17, 15) is 9.59 Å². The molecule has 1 heterocycles. The van der Waals surface area contributed by atoms with Gasteiger partial charge in [0.05, 0.1) is 0 Å². The van der Waals surface area contributed by atoms with Gasteiger partial charge in [-0.2, -0.15) is 0 Å². The van der Waals surface area contributed by atoms with Gasteiger partial charge in [0.15, 0.2) is 0 Å². The number of amides is 2. The number of anilines is 1. The first-order chi connectivity index (χ1) is 9.04. The third kappa shape index (κ3) is 2.62. The average molecular weight is 260 g/mol. The summed E-state index contributed by atoms with van der Waals surface area (Å²) in [6.07, 6.45) is 0.859. The van der Waals surface area contributed by atoms with Crippen molar-refractivity contribution in [3.63, 3.8) is 0 Å². The second-order valence-electron chi connectivity index (χ2n) is 5.12. The molecule has 2 rings (SSSR count). The van der Waals surface area contributed by atoms with Crippen LogP contribution in [-0.2, 0) is 16.1 Å². The van der Waals surface area contributed by atoms with Crippen molar-refractivity contribution in [2.24, 2.45) is 5.92 Å². The molecule has 19 heavy (non-hydrogen) atoms. The summed E-state index contributed by atoms with van der Waals surface area (Å²) in [7, 11) is 0. The lowest BCUT2D eigenvalue weighted by Crippen LogP contribution is -2.48. The average Bonchev–Trinajstić information content (AvgIpc) is 2.53. The van der Waals surface area contributed by atoms with E-state index in [-0.39, 0.29) is 17.7 Å². The summed E-state index contributed by atoms with van der Waals surface area (Å²) in [5, 5.41) is 2.94. The Bertz CT molecular complexity index is 499. The lowest BCUT2D eigenvalue weighted by molar-refractivity contribution is -0.139. The zero-order valence-electron chi connectivity index (χ0n) is 11.6. The van der Waals surface area contributed by atoms with Crippen molar-refractivity contribution in [1.82, 2.24) is 4.90 Å². The molecule has 0 spiro atoms. The summed E-state index contributed by atoms with van der Waals surface area (Å²) in [6.45, 7) is 6.06. The molecular weight excluding hydrogens is 240 g/mol. The molecule has 1 N–H and O–H groups in total. The molecule has 1 aromatic carbocycles. The highest BCUT2D eigenvalue weighted by molar-refractivity contribution is 5.98. The van der Waals surface area contributed by atoms with Gasteiger partial charge >= 0.3 is 0 Å². The highest BCUT2D eigenvalue weighted by Gasteiger charge is 2.34. The summed E-state index contributed by atoms with van der Waals surface area (Å²) in [5.41, 5.74) is 1.79. The quantitative estimate of drug-likeness (QED) is 0.887. The van der Waals surface area contributed by atoms with E-state index in [2.05, 4.69) is 5.32 Å². The molecule has 0 saturated carbocycles. The topological polar surface area (TPSA) is 49.4 Å². The Morgan fingerprint density at radius 2 is 2.16 bits per heavy atom. The van der Waals surface area contributed by atoms with Gasteiger partial charge in [-0.05, 0) is 17.5 Å². The molecule has 0 aromatic heterocycles. The maximum atomic E-state index is 12.4. The van der Waals surface area contributed by atoms with Gasteiger partial charge in [-0.15, -0.1) is 0 Å². The predicted molar refractivity (Wildman–Crippen MR) is 74.5 cm³/mol. The van der Waals surface area contributed by atoms with Crippen LogP contribution in [0.25, 0.3) is 0 Å². The highest BCUT2D eigenvalue weighted by atomic mass is 16.2. The number of hydrogen-bond acceptors (Lipinski definition) is 2. The number of carbonyl (C=O) groups is 2. The van der Waals surface area contributed by atoms with Crippen LogP contribution in [0.3, 0.4) is 0 Å². The Morgan fingerprint density at radius 1 is 1.47 bits per heavy atom. The number of nitrogens with one attached hydrogen (secondary N) is 1. The minimum absolute atomic E-state index is 0.0582. The Morgan fingerprint density at radius 3 is 2.79 bits per heavy atom. The van der Waals surface area contributed by atoms with Crippen LogP contribution in [0.4, 0.5) is 5.69 Å². The van der Waals surface area contributed by atoms with Crippen molar-refractivity contribution in [2.45, 2.75) is 39.8 Å². The van der Waals surface area contributed by atoms with Gasteiger partial charge in [-0.1, -0.05) is 38.5 Å². The molecule has 2 amide bonds. The third-order valence-electron chi connectivity index (χ3n) is 3.81. The Balaban J connectivity index is 2.42. The Kier molecular flexibility index (Phi) is 3.88. The Hall–Kier alpha value is -1.84. The second kappa shape index (κ2) is 5.43. The fraction of sp³-hybridized carbons (Fsp3) is 0.467. The van der Waals surface area contributed by atoms with Crippen molar-refractivity contribution in [1.29, 1.82) is 0 Å². The van der Waals surface area contributed by atoms with Gasteiger partial charge in [-0.3, -0.25) is 9.59 Å². The number of benzene rings is 1. The lowest BCUT2D eigenvalue weighted by Gasteiger charge is -2.31. The zero-order valence-corrected chi connectivity index (χ0v) is 11.6. The summed E-state index contributed by atoms with van der Waals surface area (Å²) in [5.74, 6) is -0.00938. The van der Waals surface area contributed by atoms with Gasteiger partial charge < -0.3 is 10.2 Å². The van der Waals surface area contributed by atoms with Crippen LogP contribution in [0.15, 0.2) is 24.3 Å². The number of carbonyl (C=O) groups excluding carboxylic acids is 2. The highest BCUT2D eigenvalue weighted by Crippen LogP contribution is 2.26. The first kappa shape index (κ1) is 13.6. The van der Waals surface area contributed by atoms with Crippen LogP contribution in [0, 0.1) is 5.92 Å². The predicted octanol–water partition coefficient (Wildman–Crippen LogP) is 2.40. The molecule has 0 bridgehead atoms. The molecular formula is C15H20N2O2. The number of fused-ring (bicyclic) bond motifs is 1. The summed E-state index contributed by atoms with van der Waals surface area (Å²) in [6, 6.07) is 7.25. The van der Waals surface area contributed by atoms with Crippen LogP contribution in [-0.4, -0.2) is 22.8 Å². The van der Waals surface area contributed by atoms with E-state index < -0.39 is 6.04 Å². The molecule has 0 fully saturated rings. The Labute approximate surface area is 113 Å². The van der Waals surface area contributed by atoms with E-state index in [0.717, 1.165) is 17.7 Å². The smallest absolute Gasteiger partial charge is 0.247 e. The van der Waals surface area contributed by atoms with E-state index in [0.29, 0.717) is 6.54 Å². The van der Waals surface area contributed by atoms with E-state index in [1.165, 1.54) is 6.92 Å². The van der Waals surface area contributed by atoms with Gasteiger partial charge in [0.2, 0.25) is 11.8 Å². The second-order valence-corrected chi connectivity index (χ2v) is 5.12. The van der Waals surface area contributed by atoms with Gasteiger partial charge in [-0.25, -0.2) is 0 Å². The maximum Gasteiger partial charge on any atom is 0.247 e. The molecule has 1 aromatic rings. The number of hydrogen-bond donors (Lipinski definition) is 1. The third-order valence-corrected chi connectivity index (χ3v) is 3.81. The fourth-order valence-corrected chi connectivity index (χ4v) is 2.51. The normalized spacial score (nSPS) is 20.3. The van der Waals surface area contributed by atoms with Crippen LogP contribution in [0.1, 0.15) is 32.8 Å². The number of rotatable bonds is 2. The molecule has 1 aliphatic rings. The van der Waals surface area contributed by atoms with Gasteiger partial charge in [0.1, 0.15) is 6.04 Å². The molecule has 1 aliphatic heterocycles. The van der Waals surface area contributed by atoms with E-state index in [1.54, 1.807) is 4.90 Å². The lowest BCUT2D eigenvalue weighted by atomic mass is 9.96. The summed E-state index contributed by atoms with van der Waals surface area (Å²) < 4.78 is 0. The molecule has 0 aliphatic carbocycles. The van der Waals surface area contributed by atoms with Crippen LogP contribution < -0.4 is 5.32 Å². The molecule has 4 nitrogen and oxygen atoms in total. The minimum atomic E-state index is -0.394. The van der Waals surface area contributed by atoms with Crippen LogP contribution >= 0.6 is 0 Å². The largest absolute Gasteiger partial charge is 0.326 e. The fourth-order valence-electron chi connectivity index (χ4n) is 2.51. The van der Waals surface area contributed by atoms with Crippen molar-refractivity contribution in [2.75, 3.05) is 5.32 Å². The van der Waals surface area contributed by atoms with Crippen LogP contribution in [0.5, 0.6) is 0 Å². The zero-order chi connectivity index (χ0) is 14.0. The van der Waals surface area contributed by atoms with Crippen molar-refractivity contribution >= 4 is 17.5 Å². The molecule has 102 valence electrons. The molecule has 0 radical (unpaired) electrons. The summed E-state index contributed by atoms with van der Waals surface area (Å²) >= 11 is 0. The number of nitrogens with zero attached hydrogens (tertiary/aromatic N) is 1. The van der Waals surface area contributed by atoms with Crippen LogP contribution in [0.2, 0.25) is 0 Å².